The second-order valence-electron chi connectivity index (χ2n) is 5.04. The van der Waals surface area contributed by atoms with Crippen molar-refractivity contribution >= 4 is 15.0 Å². The summed E-state index contributed by atoms with van der Waals surface area (Å²) in [6.07, 6.45) is 0. The average molecular weight is 338 g/mol. The molecule has 0 aliphatic heterocycles. The van der Waals surface area contributed by atoms with Gasteiger partial charge in [0.25, 0.3) is 5.12 Å². The highest BCUT2D eigenvalue weighted by atomic mass is 32.2. The molecule has 0 fully saturated rings. The van der Waals surface area contributed by atoms with Crippen molar-refractivity contribution in [1.29, 1.82) is 0 Å². The lowest BCUT2D eigenvalue weighted by molar-refractivity contribution is 0.107. The third-order valence-corrected chi connectivity index (χ3v) is 4.98. The van der Waals surface area contributed by atoms with Gasteiger partial charge in [0, 0.05) is 5.56 Å². The summed E-state index contributed by atoms with van der Waals surface area (Å²) in [5, 5.41) is -0.931. The Hall–Kier alpha value is -2.92. The molecule has 4 nitrogen and oxygen atoms in total. The smallest absolute Gasteiger partial charge is 0.281 e. The minimum atomic E-state index is -4.04. The zero-order chi connectivity index (χ0) is 17.0. The van der Waals surface area contributed by atoms with E-state index < -0.39 is 15.0 Å². The number of benzene rings is 3. The molecule has 0 amide bonds. The molecule has 0 spiro atoms. The number of carbonyl (C=O) groups is 1. The average Bonchev–Trinajstić information content (AvgIpc) is 2.63. The van der Waals surface area contributed by atoms with Gasteiger partial charge in [-0.3, -0.25) is 4.79 Å². The standard InChI is InChI=1S/C19H14O4S/c20-19(24(21,22)18-9-5-2-6-10-18)15-11-13-17(14-12-15)23-16-7-3-1-4-8-16/h1-14H. The highest BCUT2D eigenvalue weighted by Crippen LogP contribution is 2.23. The maximum absolute atomic E-state index is 12.3. The predicted molar refractivity (Wildman–Crippen MR) is 90.9 cm³/mol. The van der Waals surface area contributed by atoms with Crippen LogP contribution < -0.4 is 4.74 Å². The van der Waals surface area contributed by atoms with Gasteiger partial charge in [0.15, 0.2) is 0 Å². The molecular formula is C19H14O4S. The lowest BCUT2D eigenvalue weighted by Gasteiger charge is -2.07. The molecule has 3 aromatic rings. The number of ether oxygens (including phenoxy) is 1. The molecular weight excluding hydrogens is 324 g/mol. The Morgan fingerprint density at radius 1 is 0.667 bits per heavy atom. The zero-order valence-corrected chi connectivity index (χ0v) is 13.4. The van der Waals surface area contributed by atoms with Crippen LogP contribution in [0.25, 0.3) is 0 Å². The Morgan fingerprint density at radius 2 is 1.17 bits per heavy atom. The highest BCUT2D eigenvalue weighted by Gasteiger charge is 2.25. The summed E-state index contributed by atoms with van der Waals surface area (Å²) in [5.74, 6) is 1.18. The molecule has 0 saturated heterocycles. The fourth-order valence-corrected chi connectivity index (χ4v) is 3.32. The molecule has 0 aliphatic carbocycles. The quantitative estimate of drug-likeness (QED) is 0.719. The molecule has 0 radical (unpaired) electrons. The van der Waals surface area contributed by atoms with Crippen LogP contribution in [0.5, 0.6) is 11.5 Å². The predicted octanol–water partition coefficient (Wildman–Crippen LogP) is 4.09. The van der Waals surface area contributed by atoms with Crippen molar-refractivity contribution in [2.24, 2.45) is 0 Å². The Kier molecular flexibility index (Phi) is 4.44. The molecule has 3 aromatic carbocycles. The Bertz CT molecular complexity index is 932. The van der Waals surface area contributed by atoms with Crippen LogP contribution in [0.2, 0.25) is 0 Å². The summed E-state index contributed by atoms with van der Waals surface area (Å²) in [6.45, 7) is 0. The van der Waals surface area contributed by atoms with Crippen LogP contribution in [0, 0.1) is 0 Å². The second-order valence-corrected chi connectivity index (χ2v) is 6.89. The van der Waals surface area contributed by atoms with Gasteiger partial charge in [-0.2, -0.15) is 0 Å². The van der Waals surface area contributed by atoms with Gasteiger partial charge in [-0.15, -0.1) is 0 Å². The normalized spacial score (nSPS) is 11.0. The van der Waals surface area contributed by atoms with E-state index in [4.69, 9.17) is 4.74 Å². The van der Waals surface area contributed by atoms with Crippen LogP contribution in [0.15, 0.2) is 89.8 Å². The summed E-state index contributed by atoms with van der Waals surface area (Å²) in [4.78, 5) is 12.3. The van der Waals surface area contributed by atoms with E-state index in [0.29, 0.717) is 11.5 Å². The summed E-state index contributed by atoms with van der Waals surface area (Å²) >= 11 is 0. The molecule has 0 bridgehead atoms. The van der Waals surface area contributed by atoms with Gasteiger partial charge in [-0.1, -0.05) is 36.4 Å². The largest absolute Gasteiger partial charge is 0.457 e. The zero-order valence-electron chi connectivity index (χ0n) is 12.6. The Balaban J connectivity index is 1.82. The first-order chi connectivity index (χ1) is 11.6. The SMILES string of the molecule is O=C(c1ccc(Oc2ccccc2)cc1)S(=O)(=O)c1ccccc1. The van der Waals surface area contributed by atoms with Crippen molar-refractivity contribution in [1.82, 2.24) is 0 Å². The van der Waals surface area contributed by atoms with Crippen LogP contribution in [0.3, 0.4) is 0 Å². The van der Waals surface area contributed by atoms with Crippen molar-refractivity contribution in [2.45, 2.75) is 4.90 Å². The molecule has 0 atom stereocenters. The monoisotopic (exact) mass is 338 g/mol. The van der Waals surface area contributed by atoms with Gasteiger partial charge in [-0.25, -0.2) is 8.42 Å². The van der Waals surface area contributed by atoms with Gasteiger partial charge < -0.3 is 4.74 Å². The fraction of sp³-hybridized carbons (Fsp3) is 0. The van der Waals surface area contributed by atoms with Gasteiger partial charge in [-0.05, 0) is 48.5 Å². The van der Waals surface area contributed by atoms with Crippen LogP contribution >= 0.6 is 0 Å². The van der Waals surface area contributed by atoms with E-state index in [1.165, 1.54) is 24.3 Å². The van der Waals surface area contributed by atoms with Gasteiger partial charge in [0.1, 0.15) is 11.5 Å². The topological polar surface area (TPSA) is 60.4 Å². The molecule has 0 heterocycles. The molecule has 24 heavy (non-hydrogen) atoms. The van der Waals surface area contributed by atoms with Gasteiger partial charge in [0.05, 0.1) is 4.90 Å². The number of carbonyl (C=O) groups excluding carboxylic acids is 1. The van der Waals surface area contributed by atoms with E-state index in [0.717, 1.165) is 0 Å². The number of para-hydroxylation sites is 1. The fourth-order valence-electron chi connectivity index (χ4n) is 2.15. The molecule has 0 saturated carbocycles. The van der Waals surface area contributed by atoms with Crippen molar-refractivity contribution in [3.05, 3.63) is 90.5 Å². The molecule has 5 heteroatoms. The van der Waals surface area contributed by atoms with Crippen LogP contribution in [0.4, 0.5) is 0 Å². The first-order valence-corrected chi connectivity index (χ1v) is 8.73. The maximum Gasteiger partial charge on any atom is 0.281 e. The number of rotatable bonds is 4. The molecule has 0 unspecified atom stereocenters. The molecule has 0 aliphatic rings. The van der Waals surface area contributed by atoms with Gasteiger partial charge in [0.2, 0.25) is 9.84 Å². The Morgan fingerprint density at radius 3 is 1.75 bits per heavy atom. The van der Waals surface area contributed by atoms with Crippen LogP contribution in [0.1, 0.15) is 10.4 Å². The van der Waals surface area contributed by atoms with E-state index in [9.17, 15) is 13.2 Å². The number of hydrogen-bond acceptors (Lipinski definition) is 4. The van der Waals surface area contributed by atoms with E-state index in [-0.39, 0.29) is 10.5 Å². The molecule has 120 valence electrons. The third-order valence-electron chi connectivity index (χ3n) is 3.37. The highest BCUT2D eigenvalue weighted by molar-refractivity contribution is 8.06. The molecule has 0 aromatic heterocycles. The summed E-state index contributed by atoms with van der Waals surface area (Å²) in [7, 11) is -4.04. The van der Waals surface area contributed by atoms with E-state index in [1.807, 2.05) is 18.2 Å². The summed E-state index contributed by atoms with van der Waals surface area (Å²) in [6, 6.07) is 22.9. The van der Waals surface area contributed by atoms with E-state index >= 15 is 0 Å². The van der Waals surface area contributed by atoms with E-state index in [1.54, 1.807) is 42.5 Å². The first-order valence-electron chi connectivity index (χ1n) is 7.25. The third kappa shape index (κ3) is 3.36. The van der Waals surface area contributed by atoms with Crippen molar-refractivity contribution in [3.63, 3.8) is 0 Å². The summed E-state index contributed by atoms with van der Waals surface area (Å²) in [5.41, 5.74) is 0.0965. The lowest BCUT2D eigenvalue weighted by Crippen LogP contribution is -2.15. The van der Waals surface area contributed by atoms with Crippen molar-refractivity contribution in [2.75, 3.05) is 0 Å². The minimum absolute atomic E-state index is 0.0142. The first kappa shape index (κ1) is 16.0. The minimum Gasteiger partial charge on any atom is -0.457 e. The maximum atomic E-state index is 12.3. The number of sulfone groups is 1. The molecule has 0 N–H and O–H groups in total. The summed E-state index contributed by atoms with van der Waals surface area (Å²) < 4.78 is 30.3. The van der Waals surface area contributed by atoms with Crippen LogP contribution in [-0.4, -0.2) is 13.5 Å². The van der Waals surface area contributed by atoms with Gasteiger partial charge >= 0.3 is 0 Å². The van der Waals surface area contributed by atoms with Crippen molar-refractivity contribution < 1.29 is 17.9 Å². The van der Waals surface area contributed by atoms with E-state index in [2.05, 4.69) is 0 Å². The lowest BCUT2D eigenvalue weighted by atomic mass is 10.2. The second kappa shape index (κ2) is 6.68. The number of hydrogen-bond donors (Lipinski definition) is 0. The molecule has 3 rings (SSSR count). The van der Waals surface area contributed by atoms with Crippen LogP contribution in [-0.2, 0) is 9.84 Å². The van der Waals surface area contributed by atoms with Crippen molar-refractivity contribution in [3.8, 4) is 11.5 Å². The Labute approximate surface area is 140 Å².